The van der Waals surface area contributed by atoms with Crippen LogP contribution in [0.4, 0.5) is 0 Å². The van der Waals surface area contributed by atoms with E-state index in [0.29, 0.717) is 6.54 Å². The molecule has 8 heteroatoms. The molecule has 0 radical (unpaired) electrons. The topological polar surface area (TPSA) is 67.1 Å². The molecule has 25 heavy (non-hydrogen) atoms. The lowest BCUT2D eigenvalue weighted by atomic mass is 10.3. The van der Waals surface area contributed by atoms with E-state index in [1.54, 1.807) is 23.9 Å². The zero-order valence-electron chi connectivity index (χ0n) is 13.9. The summed E-state index contributed by atoms with van der Waals surface area (Å²) >= 11 is 1.74. The van der Waals surface area contributed by atoms with E-state index in [4.69, 9.17) is 0 Å². The molecule has 2 N–H and O–H groups in total. The molecule has 0 bridgehead atoms. The molecule has 0 aliphatic rings. The molecule has 0 amide bonds. The third-order valence-corrected chi connectivity index (χ3v) is 4.23. The van der Waals surface area contributed by atoms with Crippen LogP contribution in [0.5, 0.6) is 0 Å². The maximum absolute atomic E-state index is 4.62. The van der Waals surface area contributed by atoms with Crippen LogP contribution in [-0.4, -0.2) is 27.0 Å². The maximum atomic E-state index is 4.62. The Labute approximate surface area is 168 Å². The number of halogens is 1. The summed E-state index contributed by atoms with van der Waals surface area (Å²) in [5.41, 5.74) is 1.06. The Morgan fingerprint density at radius 1 is 1.28 bits per heavy atom. The summed E-state index contributed by atoms with van der Waals surface area (Å²) in [5.74, 6) is 1.66. The van der Waals surface area contributed by atoms with Crippen molar-refractivity contribution in [2.75, 3.05) is 6.54 Å². The van der Waals surface area contributed by atoms with Crippen LogP contribution in [0.1, 0.15) is 17.4 Å². The highest BCUT2D eigenvalue weighted by Gasteiger charge is 2.01. The highest BCUT2D eigenvalue weighted by atomic mass is 127. The third kappa shape index (κ3) is 5.82. The highest BCUT2D eigenvalue weighted by molar-refractivity contribution is 14.0. The fraction of sp³-hybridized carbons (Fsp3) is 0.235. The van der Waals surface area contributed by atoms with Gasteiger partial charge in [0, 0.05) is 30.0 Å². The van der Waals surface area contributed by atoms with Crippen molar-refractivity contribution in [2.45, 2.75) is 20.0 Å². The molecule has 3 rings (SSSR count). The number of nitrogens with one attached hydrogen (secondary N) is 2. The summed E-state index contributed by atoms with van der Waals surface area (Å²) in [5, 5.41) is 8.68. The number of hydrogen-bond acceptors (Lipinski definition) is 4. The Kier molecular flexibility index (Phi) is 7.86. The number of hydrogen-bond donors (Lipinski definition) is 2. The van der Waals surface area contributed by atoms with E-state index in [-0.39, 0.29) is 24.0 Å². The minimum Gasteiger partial charge on any atom is -0.357 e. The van der Waals surface area contributed by atoms with Gasteiger partial charge in [0.2, 0.25) is 0 Å². The largest absolute Gasteiger partial charge is 0.357 e. The Bertz CT molecular complexity index is 753. The molecule has 0 spiro atoms. The van der Waals surface area contributed by atoms with Crippen LogP contribution in [0.2, 0.25) is 0 Å². The summed E-state index contributed by atoms with van der Waals surface area (Å²) in [7, 11) is 0. The van der Waals surface area contributed by atoms with Crippen LogP contribution in [-0.2, 0) is 13.1 Å². The van der Waals surface area contributed by atoms with Crippen molar-refractivity contribution in [3.05, 3.63) is 65.0 Å². The first-order valence-corrected chi connectivity index (χ1v) is 8.71. The molecule has 6 nitrogen and oxygen atoms in total. The first kappa shape index (κ1) is 19.4. The predicted molar refractivity (Wildman–Crippen MR) is 113 cm³/mol. The number of rotatable bonds is 6. The van der Waals surface area contributed by atoms with Crippen molar-refractivity contribution in [3.63, 3.8) is 0 Å². The van der Waals surface area contributed by atoms with Gasteiger partial charge in [0.15, 0.2) is 5.96 Å². The van der Waals surface area contributed by atoms with Gasteiger partial charge in [-0.25, -0.2) is 15.0 Å². The summed E-state index contributed by atoms with van der Waals surface area (Å²) in [4.78, 5) is 14.4. The summed E-state index contributed by atoms with van der Waals surface area (Å²) in [6, 6.07) is 8.17. The van der Waals surface area contributed by atoms with E-state index in [1.165, 1.54) is 4.88 Å². The van der Waals surface area contributed by atoms with Gasteiger partial charge in [-0.1, -0.05) is 12.1 Å². The number of aromatic nitrogens is 3. The van der Waals surface area contributed by atoms with Crippen molar-refractivity contribution >= 4 is 41.3 Å². The zero-order valence-corrected chi connectivity index (χ0v) is 17.1. The van der Waals surface area contributed by atoms with E-state index in [0.717, 1.165) is 30.4 Å². The third-order valence-electron chi connectivity index (χ3n) is 3.35. The van der Waals surface area contributed by atoms with Gasteiger partial charge in [-0.05, 0) is 30.0 Å². The predicted octanol–water partition coefficient (Wildman–Crippen LogP) is 3.20. The lowest BCUT2D eigenvalue weighted by Crippen LogP contribution is -2.36. The molecule has 0 aliphatic carbocycles. The molecule has 0 saturated heterocycles. The molecule has 0 atom stereocenters. The standard InChI is InChI=1S/C17H20N6S.HI/c1-2-19-17(22-12-15-4-3-9-24-15)21-11-14-5-6-16(20-10-14)23-8-7-18-13-23;/h3-10,13H,2,11-12H2,1H3,(H2,19,21,22);1H. The first-order chi connectivity index (χ1) is 11.8. The number of thiophene rings is 1. The molecule has 3 aromatic heterocycles. The number of guanidine groups is 1. The number of nitrogens with zero attached hydrogens (tertiary/aromatic N) is 4. The molecular formula is C17H21IN6S. The highest BCUT2D eigenvalue weighted by Crippen LogP contribution is 2.08. The van der Waals surface area contributed by atoms with Gasteiger partial charge in [0.05, 0.1) is 13.1 Å². The Morgan fingerprint density at radius 3 is 2.84 bits per heavy atom. The second kappa shape index (κ2) is 10.1. The average molecular weight is 468 g/mol. The smallest absolute Gasteiger partial charge is 0.191 e. The van der Waals surface area contributed by atoms with E-state index in [1.807, 2.05) is 29.1 Å². The normalized spacial score (nSPS) is 11.0. The van der Waals surface area contributed by atoms with Crippen LogP contribution in [0.15, 0.2) is 59.6 Å². The molecular weight excluding hydrogens is 447 g/mol. The molecule has 3 heterocycles. The number of pyridine rings is 1. The van der Waals surface area contributed by atoms with Gasteiger partial charge >= 0.3 is 0 Å². The van der Waals surface area contributed by atoms with E-state index in [9.17, 15) is 0 Å². The van der Waals surface area contributed by atoms with Gasteiger partial charge in [0.1, 0.15) is 12.1 Å². The van der Waals surface area contributed by atoms with Gasteiger partial charge in [0.25, 0.3) is 0 Å². The summed E-state index contributed by atoms with van der Waals surface area (Å²) < 4.78 is 1.87. The molecule has 0 unspecified atom stereocenters. The summed E-state index contributed by atoms with van der Waals surface area (Å²) in [6.45, 7) is 4.25. The van der Waals surface area contributed by atoms with Crippen molar-refractivity contribution in [2.24, 2.45) is 4.99 Å². The lowest BCUT2D eigenvalue weighted by Gasteiger charge is -2.10. The van der Waals surface area contributed by atoms with Crippen LogP contribution in [0.25, 0.3) is 5.82 Å². The van der Waals surface area contributed by atoms with Gasteiger partial charge in [-0.2, -0.15) is 0 Å². The minimum atomic E-state index is 0. The zero-order chi connectivity index (χ0) is 16.6. The lowest BCUT2D eigenvalue weighted by molar-refractivity contribution is 0.822. The van der Waals surface area contributed by atoms with Crippen LogP contribution in [0, 0.1) is 0 Å². The van der Waals surface area contributed by atoms with Crippen molar-refractivity contribution in [1.82, 2.24) is 25.2 Å². The fourth-order valence-electron chi connectivity index (χ4n) is 2.15. The van der Waals surface area contributed by atoms with Gasteiger partial charge < -0.3 is 10.6 Å². The van der Waals surface area contributed by atoms with Crippen molar-refractivity contribution < 1.29 is 0 Å². The van der Waals surface area contributed by atoms with E-state index in [2.05, 4.69) is 50.0 Å². The first-order valence-electron chi connectivity index (χ1n) is 7.83. The molecule has 0 aromatic carbocycles. The molecule has 0 fully saturated rings. The quantitative estimate of drug-likeness (QED) is 0.331. The van der Waals surface area contributed by atoms with Gasteiger partial charge in [-0.3, -0.25) is 4.57 Å². The Morgan fingerprint density at radius 2 is 2.20 bits per heavy atom. The van der Waals surface area contributed by atoms with Crippen LogP contribution >= 0.6 is 35.3 Å². The second-order valence-corrected chi connectivity index (χ2v) is 6.15. The Hall–Kier alpha value is -1.94. The number of aliphatic imine (C=N–C) groups is 1. The monoisotopic (exact) mass is 468 g/mol. The fourth-order valence-corrected chi connectivity index (χ4v) is 2.80. The van der Waals surface area contributed by atoms with E-state index < -0.39 is 0 Å². The molecule has 132 valence electrons. The molecule has 0 aliphatic heterocycles. The van der Waals surface area contributed by atoms with Crippen LogP contribution in [0.3, 0.4) is 0 Å². The van der Waals surface area contributed by atoms with Crippen molar-refractivity contribution in [1.29, 1.82) is 0 Å². The number of imidazole rings is 1. The second-order valence-electron chi connectivity index (χ2n) is 5.12. The maximum Gasteiger partial charge on any atom is 0.191 e. The average Bonchev–Trinajstić information content (AvgIpc) is 3.31. The SMILES string of the molecule is CCNC(=NCc1ccc(-n2ccnc2)nc1)NCc1cccs1.I. The molecule has 3 aromatic rings. The molecule has 0 saturated carbocycles. The minimum absolute atomic E-state index is 0. The van der Waals surface area contributed by atoms with E-state index >= 15 is 0 Å². The van der Waals surface area contributed by atoms with Crippen LogP contribution < -0.4 is 10.6 Å². The van der Waals surface area contributed by atoms with Gasteiger partial charge in [-0.15, -0.1) is 35.3 Å². The van der Waals surface area contributed by atoms with Crippen molar-refractivity contribution in [3.8, 4) is 5.82 Å². The Balaban J connectivity index is 0.00000225. The summed E-state index contributed by atoms with van der Waals surface area (Å²) in [6.07, 6.45) is 7.19.